The van der Waals surface area contributed by atoms with E-state index in [0.29, 0.717) is 12.1 Å². The summed E-state index contributed by atoms with van der Waals surface area (Å²) in [6.07, 6.45) is 1.88. The molecule has 4 heteroatoms. The molecule has 1 aromatic carbocycles. The second-order valence-electron chi connectivity index (χ2n) is 3.24. The molecule has 0 spiro atoms. The SMILES string of the molecule is NCCCc1ccc2oc(=O)[nH]c2c1. The number of hydrogen-bond acceptors (Lipinski definition) is 3. The molecule has 3 N–H and O–H groups in total. The average Bonchev–Trinajstić information content (AvgIpc) is 2.54. The lowest BCUT2D eigenvalue weighted by Gasteiger charge is -1.98. The minimum absolute atomic E-state index is 0.407. The molecule has 0 fully saturated rings. The first kappa shape index (κ1) is 9.02. The van der Waals surface area contributed by atoms with Crippen LogP contribution in [0.5, 0.6) is 0 Å². The topological polar surface area (TPSA) is 72.0 Å². The third kappa shape index (κ3) is 1.70. The molecule has 0 amide bonds. The molecule has 0 aliphatic carbocycles. The van der Waals surface area contributed by atoms with Crippen molar-refractivity contribution in [3.8, 4) is 0 Å². The van der Waals surface area contributed by atoms with Crippen molar-refractivity contribution in [1.82, 2.24) is 4.98 Å². The minimum Gasteiger partial charge on any atom is -0.408 e. The molecule has 0 atom stereocenters. The van der Waals surface area contributed by atoms with Gasteiger partial charge in [-0.1, -0.05) is 6.07 Å². The van der Waals surface area contributed by atoms with Gasteiger partial charge in [-0.2, -0.15) is 0 Å². The summed E-state index contributed by atoms with van der Waals surface area (Å²) >= 11 is 0. The fraction of sp³-hybridized carbons (Fsp3) is 0.300. The Labute approximate surface area is 80.7 Å². The molecule has 0 aliphatic heterocycles. The Bertz CT molecular complexity index is 484. The Balaban J connectivity index is 2.35. The lowest BCUT2D eigenvalue weighted by molar-refractivity contribution is 0.555. The zero-order valence-electron chi connectivity index (χ0n) is 7.75. The molecule has 14 heavy (non-hydrogen) atoms. The molecule has 74 valence electrons. The normalized spacial score (nSPS) is 10.9. The minimum atomic E-state index is -0.407. The second-order valence-corrected chi connectivity index (χ2v) is 3.24. The van der Waals surface area contributed by atoms with Crippen LogP contribution < -0.4 is 11.5 Å². The van der Waals surface area contributed by atoms with Crippen LogP contribution >= 0.6 is 0 Å². The van der Waals surface area contributed by atoms with Gasteiger partial charge >= 0.3 is 5.76 Å². The molecule has 1 heterocycles. The first-order chi connectivity index (χ1) is 6.79. The maximum Gasteiger partial charge on any atom is 0.417 e. The van der Waals surface area contributed by atoms with Crippen molar-refractivity contribution >= 4 is 11.1 Å². The third-order valence-electron chi connectivity index (χ3n) is 2.15. The lowest BCUT2D eigenvalue weighted by atomic mass is 10.1. The van der Waals surface area contributed by atoms with Crippen molar-refractivity contribution < 1.29 is 4.42 Å². The number of oxazole rings is 1. The van der Waals surface area contributed by atoms with Gasteiger partial charge in [0.25, 0.3) is 0 Å². The van der Waals surface area contributed by atoms with Gasteiger partial charge in [0.1, 0.15) is 0 Å². The molecule has 0 unspecified atom stereocenters. The maximum absolute atomic E-state index is 10.9. The van der Waals surface area contributed by atoms with Crippen LogP contribution in [0.15, 0.2) is 27.4 Å². The zero-order valence-corrected chi connectivity index (χ0v) is 7.75. The van der Waals surface area contributed by atoms with E-state index in [2.05, 4.69) is 4.98 Å². The summed E-state index contributed by atoms with van der Waals surface area (Å²) in [5.74, 6) is -0.407. The van der Waals surface area contributed by atoms with Crippen molar-refractivity contribution in [3.05, 3.63) is 34.3 Å². The number of hydrogen-bond donors (Lipinski definition) is 2. The molecule has 4 nitrogen and oxygen atoms in total. The van der Waals surface area contributed by atoms with Crippen molar-refractivity contribution in [2.24, 2.45) is 5.73 Å². The van der Waals surface area contributed by atoms with Crippen LogP contribution in [0.3, 0.4) is 0 Å². The summed E-state index contributed by atoms with van der Waals surface area (Å²) in [7, 11) is 0. The molecule has 0 radical (unpaired) electrons. The Morgan fingerprint density at radius 1 is 1.43 bits per heavy atom. The first-order valence-electron chi connectivity index (χ1n) is 4.61. The van der Waals surface area contributed by atoms with Crippen LogP contribution in [-0.2, 0) is 6.42 Å². The molecular weight excluding hydrogens is 180 g/mol. The average molecular weight is 192 g/mol. The highest BCUT2D eigenvalue weighted by atomic mass is 16.4. The van der Waals surface area contributed by atoms with E-state index < -0.39 is 5.76 Å². The maximum atomic E-state index is 10.9. The standard InChI is InChI=1S/C10H12N2O2/c11-5-1-2-7-3-4-9-8(6-7)12-10(13)14-9/h3-4,6H,1-2,5,11H2,(H,12,13). The van der Waals surface area contributed by atoms with Crippen molar-refractivity contribution in [2.75, 3.05) is 6.54 Å². The first-order valence-corrected chi connectivity index (χ1v) is 4.61. The number of nitrogens with one attached hydrogen (secondary N) is 1. The number of fused-ring (bicyclic) bond motifs is 1. The summed E-state index contributed by atoms with van der Waals surface area (Å²) < 4.78 is 4.89. The van der Waals surface area contributed by atoms with Crippen molar-refractivity contribution in [2.45, 2.75) is 12.8 Å². The van der Waals surface area contributed by atoms with Crippen LogP contribution in [0.2, 0.25) is 0 Å². The lowest BCUT2D eigenvalue weighted by Crippen LogP contribution is -2.00. The monoisotopic (exact) mass is 192 g/mol. The van der Waals surface area contributed by atoms with Gasteiger partial charge in [0, 0.05) is 0 Å². The number of nitrogens with two attached hydrogens (primary N) is 1. The highest BCUT2D eigenvalue weighted by Gasteiger charge is 2.01. The summed E-state index contributed by atoms with van der Waals surface area (Å²) in [5, 5.41) is 0. The largest absolute Gasteiger partial charge is 0.417 e. The zero-order chi connectivity index (χ0) is 9.97. The van der Waals surface area contributed by atoms with E-state index in [1.165, 1.54) is 5.56 Å². The van der Waals surface area contributed by atoms with Gasteiger partial charge in [-0.25, -0.2) is 4.79 Å². The highest BCUT2D eigenvalue weighted by molar-refractivity contribution is 5.72. The van der Waals surface area contributed by atoms with E-state index in [1.54, 1.807) is 6.07 Å². The van der Waals surface area contributed by atoms with Crippen molar-refractivity contribution in [1.29, 1.82) is 0 Å². The van der Waals surface area contributed by atoms with Gasteiger partial charge in [-0.05, 0) is 37.1 Å². The molecule has 0 bridgehead atoms. The Morgan fingerprint density at radius 2 is 2.29 bits per heavy atom. The summed E-state index contributed by atoms with van der Waals surface area (Å²) in [4.78, 5) is 13.5. The van der Waals surface area contributed by atoms with E-state index in [-0.39, 0.29) is 0 Å². The predicted octanol–water partition coefficient (Wildman–Crippen LogP) is 1.01. The van der Waals surface area contributed by atoms with E-state index in [4.69, 9.17) is 10.2 Å². The Kier molecular flexibility index (Phi) is 2.37. The predicted molar refractivity (Wildman–Crippen MR) is 54.2 cm³/mol. The quantitative estimate of drug-likeness (QED) is 0.762. The fourth-order valence-electron chi connectivity index (χ4n) is 1.46. The van der Waals surface area contributed by atoms with E-state index in [1.807, 2.05) is 12.1 Å². The van der Waals surface area contributed by atoms with E-state index >= 15 is 0 Å². The molecule has 2 rings (SSSR count). The third-order valence-corrected chi connectivity index (χ3v) is 2.15. The Hall–Kier alpha value is -1.55. The van der Waals surface area contributed by atoms with E-state index in [0.717, 1.165) is 18.4 Å². The fourth-order valence-corrected chi connectivity index (χ4v) is 1.46. The van der Waals surface area contributed by atoms with E-state index in [9.17, 15) is 4.79 Å². The van der Waals surface area contributed by atoms with Crippen LogP contribution in [0, 0.1) is 0 Å². The number of aromatic amines is 1. The van der Waals surface area contributed by atoms with Gasteiger partial charge in [-0.15, -0.1) is 0 Å². The summed E-state index contributed by atoms with van der Waals surface area (Å²) in [6, 6.07) is 5.68. The van der Waals surface area contributed by atoms with Gasteiger partial charge in [0.2, 0.25) is 0 Å². The van der Waals surface area contributed by atoms with Crippen molar-refractivity contribution in [3.63, 3.8) is 0 Å². The van der Waals surface area contributed by atoms with Crippen LogP contribution in [0.4, 0.5) is 0 Å². The summed E-state index contributed by atoms with van der Waals surface area (Å²) in [6.45, 7) is 0.680. The van der Waals surface area contributed by atoms with Crippen LogP contribution in [-0.4, -0.2) is 11.5 Å². The molecule has 0 aliphatic rings. The van der Waals surface area contributed by atoms with Gasteiger partial charge in [0.15, 0.2) is 5.58 Å². The van der Waals surface area contributed by atoms with Gasteiger partial charge in [0.05, 0.1) is 5.52 Å². The smallest absolute Gasteiger partial charge is 0.408 e. The molecule has 1 aromatic heterocycles. The van der Waals surface area contributed by atoms with Gasteiger partial charge in [-0.3, -0.25) is 4.98 Å². The van der Waals surface area contributed by atoms with Crippen LogP contribution in [0.25, 0.3) is 11.1 Å². The molecule has 0 saturated carbocycles. The molecule has 0 saturated heterocycles. The summed E-state index contributed by atoms with van der Waals surface area (Å²) in [5.41, 5.74) is 7.94. The number of aromatic nitrogens is 1. The molecular formula is C10H12N2O2. The number of H-pyrrole nitrogens is 1. The second kappa shape index (κ2) is 3.67. The van der Waals surface area contributed by atoms with Gasteiger partial charge < -0.3 is 10.2 Å². The molecule has 2 aromatic rings. The number of benzene rings is 1. The highest BCUT2D eigenvalue weighted by Crippen LogP contribution is 2.13. The van der Waals surface area contributed by atoms with Crippen LogP contribution in [0.1, 0.15) is 12.0 Å². The number of rotatable bonds is 3. The number of aryl methyl sites for hydroxylation is 1. The Morgan fingerprint density at radius 3 is 3.07 bits per heavy atom.